The molecule has 7 nitrogen and oxygen atoms in total. The van der Waals surface area contributed by atoms with Crippen LogP contribution in [0.4, 0.5) is 0 Å². The molecule has 0 aliphatic heterocycles. The Balaban J connectivity index is 2.17. The Morgan fingerprint density at radius 1 is 1.53 bits per heavy atom. The molecule has 0 fully saturated rings. The van der Waals surface area contributed by atoms with Crippen molar-refractivity contribution in [3.8, 4) is 0 Å². The fourth-order valence-corrected chi connectivity index (χ4v) is 1.97. The van der Waals surface area contributed by atoms with Crippen molar-refractivity contribution >= 4 is 10.0 Å². The molecule has 0 saturated carbocycles. The third-order valence-electron chi connectivity index (χ3n) is 1.76. The van der Waals surface area contributed by atoms with E-state index in [1.54, 1.807) is 0 Å². The van der Waals surface area contributed by atoms with Crippen LogP contribution in [-0.4, -0.2) is 42.4 Å². The van der Waals surface area contributed by atoms with Crippen LogP contribution in [0.3, 0.4) is 0 Å². The van der Waals surface area contributed by atoms with Gasteiger partial charge in [-0.25, -0.2) is 18.1 Å². The Morgan fingerprint density at radius 2 is 2.33 bits per heavy atom. The molecule has 15 heavy (non-hydrogen) atoms. The summed E-state index contributed by atoms with van der Waals surface area (Å²) in [5.41, 5.74) is 5.15. The van der Waals surface area contributed by atoms with E-state index in [1.807, 2.05) is 0 Å². The first-order valence-corrected chi connectivity index (χ1v) is 6.31. The van der Waals surface area contributed by atoms with Crippen LogP contribution in [0.25, 0.3) is 0 Å². The van der Waals surface area contributed by atoms with Gasteiger partial charge in [-0.2, -0.15) is 5.10 Å². The van der Waals surface area contributed by atoms with Crippen LogP contribution in [0.5, 0.6) is 0 Å². The predicted molar refractivity (Wildman–Crippen MR) is 55.5 cm³/mol. The third kappa shape index (κ3) is 4.86. The number of nitrogens with one attached hydrogen (secondary N) is 2. The van der Waals surface area contributed by atoms with Gasteiger partial charge in [0.2, 0.25) is 10.0 Å². The molecule has 0 saturated heterocycles. The highest BCUT2D eigenvalue weighted by Gasteiger charge is 2.07. The van der Waals surface area contributed by atoms with Crippen molar-refractivity contribution in [3.05, 3.63) is 12.2 Å². The molecule has 1 heterocycles. The van der Waals surface area contributed by atoms with Crippen molar-refractivity contribution in [2.45, 2.75) is 12.8 Å². The number of aromatic nitrogens is 3. The summed E-state index contributed by atoms with van der Waals surface area (Å²) < 4.78 is 24.8. The number of aryl methyl sites for hydroxylation is 1. The van der Waals surface area contributed by atoms with Crippen LogP contribution in [0.15, 0.2) is 6.33 Å². The van der Waals surface area contributed by atoms with Gasteiger partial charge in [0.05, 0.1) is 5.75 Å². The molecule has 0 spiro atoms. The minimum Gasteiger partial charge on any atom is -0.329 e. The summed E-state index contributed by atoms with van der Waals surface area (Å²) in [6.45, 7) is 0.528. The van der Waals surface area contributed by atoms with E-state index in [0.717, 1.165) is 5.82 Å². The maximum Gasteiger partial charge on any atom is 0.212 e. The SMILES string of the molecule is NCCS(=O)(=O)NCCCc1ncn[nH]1. The summed E-state index contributed by atoms with van der Waals surface area (Å²) in [4.78, 5) is 3.92. The zero-order chi connectivity index (χ0) is 11.1. The number of rotatable bonds is 7. The van der Waals surface area contributed by atoms with Crippen LogP contribution in [0.1, 0.15) is 12.2 Å². The summed E-state index contributed by atoms with van der Waals surface area (Å²) in [6.07, 6.45) is 2.78. The van der Waals surface area contributed by atoms with Gasteiger partial charge in [-0.15, -0.1) is 0 Å². The lowest BCUT2D eigenvalue weighted by atomic mass is 10.3. The van der Waals surface area contributed by atoms with E-state index in [4.69, 9.17) is 5.73 Å². The number of sulfonamides is 1. The van der Waals surface area contributed by atoms with Gasteiger partial charge in [-0.05, 0) is 6.42 Å². The molecule has 0 aliphatic carbocycles. The lowest BCUT2D eigenvalue weighted by molar-refractivity contribution is 0.578. The zero-order valence-corrected chi connectivity index (χ0v) is 9.13. The molecular weight excluding hydrogens is 218 g/mol. The van der Waals surface area contributed by atoms with E-state index in [9.17, 15) is 8.42 Å². The molecule has 86 valence electrons. The van der Waals surface area contributed by atoms with Crippen molar-refractivity contribution < 1.29 is 8.42 Å². The molecular formula is C7H15N5O2S. The first-order valence-electron chi connectivity index (χ1n) is 4.66. The Kier molecular flexibility index (Phi) is 4.66. The smallest absolute Gasteiger partial charge is 0.212 e. The van der Waals surface area contributed by atoms with Crippen LogP contribution >= 0.6 is 0 Å². The Bertz CT molecular complexity index is 361. The number of nitrogens with two attached hydrogens (primary N) is 1. The molecule has 8 heteroatoms. The van der Waals surface area contributed by atoms with E-state index in [1.165, 1.54) is 6.33 Å². The summed E-state index contributed by atoms with van der Waals surface area (Å²) in [7, 11) is -3.19. The average molecular weight is 233 g/mol. The average Bonchev–Trinajstić information content (AvgIpc) is 2.65. The molecule has 0 radical (unpaired) electrons. The van der Waals surface area contributed by atoms with Crippen molar-refractivity contribution in [2.75, 3.05) is 18.8 Å². The molecule has 0 aromatic carbocycles. The van der Waals surface area contributed by atoms with Crippen molar-refractivity contribution in [3.63, 3.8) is 0 Å². The number of H-pyrrole nitrogens is 1. The summed E-state index contributed by atoms with van der Waals surface area (Å²) in [5, 5.41) is 6.39. The maximum absolute atomic E-state index is 11.2. The summed E-state index contributed by atoms with van der Waals surface area (Å²) in [5.74, 6) is 0.725. The highest BCUT2D eigenvalue weighted by molar-refractivity contribution is 7.89. The second kappa shape index (κ2) is 5.79. The van der Waals surface area contributed by atoms with Crippen molar-refractivity contribution in [1.82, 2.24) is 19.9 Å². The van der Waals surface area contributed by atoms with Gasteiger partial charge in [0, 0.05) is 19.5 Å². The lowest BCUT2D eigenvalue weighted by Crippen LogP contribution is -2.30. The minimum atomic E-state index is -3.19. The standard InChI is InChI=1S/C7H15N5O2S/c8-3-5-15(13,14)11-4-1-2-7-9-6-10-12-7/h6,11H,1-5,8H2,(H,9,10,12). The van der Waals surface area contributed by atoms with E-state index in [2.05, 4.69) is 19.9 Å². The third-order valence-corrected chi connectivity index (χ3v) is 3.18. The molecule has 0 unspecified atom stereocenters. The van der Waals surface area contributed by atoms with Gasteiger partial charge >= 0.3 is 0 Å². The van der Waals surface area contributed by atoms with Gasteiger partial charge in [0.15, 0.2) is 0 Å². The van der Waals surface area contributed by atoms with Crippen LogP contribution in [0, 0.1) is 0 Å². The van der Waals surface area contributed by atoms with Gasteiger partial charge in [0.1, 0.15) is 12.2 Å². The minimum absolute atomic E-state index is 0.0324. The van der Waals surface area contributed by atoms with E-state index < -0.39 is 10.0 Å². The molecule has 0 bridgehead atoms. The first kappa shape index (κ1) is 12.1. The number of nitrogens with zero attached hydrogens (tertiary/aromatic N) is 2. The van der Waals surface area contributed by atoms with E-state index >= 15 is 0 Å². The van der Waals surface area contributed by atoms with Gasteiger partial charge in [-0.3, -0.25) is 5.10 Å². The summed E-state index contributed by atoms with van der Waals surface area (Å²) >= 11 is 0. The lowest BCUT2D eigenvalue weighted by Gasteiger charge is -2.03. The normalized spacial score (nSPS) is 11.8. The monoisotopic (exact) mass is 233 g/mol. The maximum atomic E-state index is 11.2. The number of hydrogen-bond acceptors (Lipinski definition) is 5. The quantitative estimate of drug-likeness (QED) is 0.502. The topological polar surface area (TPSA) is 114 Å². The van der Waals surface area contributed by atoms with Gasteiger partial charge in [0.25, 0.3) is 0 Å². The largest absolute Gasteiger partial charge is 0.329 e. The molecule has 4 N–H and O–H groups in total. The predicted octanol–water partition coefficient (Wildman–Crippen LogP) is -1.38. The zero-order valence-electron chi connectivity index (χ0n) is 8.31. The van der Waals surface area contributed by atoms with Crippen molar-refractivity contribution in [2.24, 2.45) is 5.73 Å². The second-order valence-electron chi connectivity index (χ2n) is 3.04. The molecule has 0 amide bonds. The van der Waals surface area contributed by atoms with Crippen LogP contribution in [0.2, 0.25) is 0 Å². The van der Waals surface area contributed by atoms with Crippen molar-refractivity contribution in [1.29, 1.82) is 0 Å². The second-order valence-corrected chi connectivity index (χ2v) is 4.96. The number of hydrogen-bond donors (Lipinski definition) is 3. The van der Waals surface area contributed by atoms with E-state index in [0.29, 0.717) is 19.4 Å². The Labute approximate surface area is 88.5 Å². The Hall–Kier alpha value is -0.990. The Morgan fingerprint density at radius 3 is 2.93 bits per heavy atom. The number of aromatic amines is 1. The molecule has 1 aromatic heterocycles. The molecule has 1 rings (SSSR count). The van der Waals surface area contributed by atoms with E-state index in [-0.39, 0.29) is 12.3 Å². The fourth-order valence-electron chi connectivity index (χ4n) is 1.06. The summed E-state index contributed by atoms with van der Waals surface area (Å²) in [6, 6.07) is 0. The molecule has 0 aliphatic rings. The van der Waals surface area contributed by atoms with Gasteiger partial charge < -0.3 is 5.73 Å². The highest BCUT2D eigenvalue weighted by Crippen LogP contribution is 1.92. The molecule has 0 atom stereocenters. The molecule has 1 aromatic rings. The van der Waals surface area contributed by atoms with Crippen LogP contribution < -0.4 is 10.5 Å². The first-order chi connectivity index (χ1) is 7.14. The fraction of sp³-hybridized carbons (Fsp3) is 0.714. The van der Waals surface area contributed by atoms with Gasteiger partial charge in [-0.1, -0.05) is 0 Å². The highest BCUT2D eigenvalue weighted by atomic mass is 32.2. The van der Waals surface area contributed by atoms with Crippen LogP contribution in [-0.2, 0) is 16.4 Å².